The summed E-state index contributed by atoms with van der Waals surface area (Å²) < 4.78 is 0. The molecule has 16 heavy (non-hydrogen) atoms. The normalized spacial score (nSPS) is 27.2. The third-order valence-corrected chi connectivity index (χ3v) is 4.61. The Kier molecular flexibility index (Phi) is 3.98. The molecule has 0 saturated heterocycles. The predicted molar refractivity (Wildman–Crippen MR) is 67.7 cm³/mol. The molecule has 1 aromatic rings. The maximum Gasteiger partial charge on any atom is 0.0897 e. The Bertz CT molecular complexity index is 336. The van der Waals surface area contributed by atoms with Crippen LogP contribution in [-0.4, -0.2) is 16.2 Å². The molecule has 1 aliphatic rings. The fraction of sp³-hybridized carbons (Fsp3) is 0.769. The van der Waals surface area contributed by atoms with Crippen LogP contribution in [0.3, 0.4) is 0 Å². The molecular weight excluding hydrogens is 218 g/mol. The van der Waals surface area contributed by atoms with Gasteiger partial charge in [0, 0.05) is 11.8 Å². The van der Waals surface area contributed by atoms with Crippen molar-refractivity contribution in [3.05, 3.63) is 16.1 Å². The van der Waals surface area contributed by atoms with Crippen LogP contribution in [0.2, 0.25) is 0 Å². The summed E-state index contributed by atoms with van der Waals surface area (Å²) in [6, 6.07) is 0. The summed E-state index contributed by atoms with van der Waals surface area (Å²) in [6.07, 6.45) is 5.53. The lowest BCUT2D eigenvalue weighted by Crippen LogP contribution is -2.21. The number of hydrogen-bond donors (Lipinski definition) is 1. The predicted octanol–water partition coefficient (Wildman–Crippen LogP) is 3.18. The molecule has 90 valence electrons. The van der Waals surface area contributed by atoms with Crippen LogP contribution in [0.25, 0.3) is 0 Å². The van der Waals surface area contributed by atoms with Crippen LogP contribution in [0, 0.1) is 18.8 Å². The number of aliphatic hydroxyl groups excluding tert-OH is 1. The smallest absolute Gasteiger partial charge is 0.0897 e. The summed E-state index contributed by atoms with van der Waals surface area (Å²) in [5.74, 6) is 1.35. The van der Waals surface area contributed by atoms with Gasteiger partial charge in [-0.2, -0.15) is 0 Å². The molecule has 1 saturated carbocycles. The molecule has 0 spiro atoms. The minimum atomic E-state index is -0.182. The molecule has 1 N–H and O–H groups in total. The fourth-order valence-electron chi connectivity index (χ4n) is 2.72. The van der Waals surface area contributed by atoms with Gasteiger partial charge in [0.15, 0.2) is 0 Å². The summed E-state index contributed by atoms with van der Waals surface area (Å²) in [5, 5.41) is 13.4. The van der Waals surface area contributed by atoms with Crippen LogP contribution in [0.5, 0.6) is 0 Å². The van der Waals surface area contributed by atoms with Crippen molar-refractivity contribution < 1.29 is 5.11 Å². The summed E-state index contributed by atoms with van der Waals surface area (Å²) >= 11 is 1.67. The van der Waals surface area contributed by atoms with E-state index in [2.05, 4.69) is 17.3 Å². The van der Waals surface area contributed by atoms with Gasteiger partial charge in [-0.1, -0.05) is 19.8 Å². The van der Waals surface area contributed by atoms with E-state index in [0.29, 0.717) is 5.92 Å². The van der Waals surface area contributed by atoms with Crippen LogP contribution < -0.4 is 0 Å². The standard InChI is InChI=1S/C13H21NOS/c1-3-10-4-5-11(6-10)13(15)7-12-8-16-9(2)14-12/h8,10-11,13,15H,3-7H2,1-2H3. The topological polar surface area (TPSA) is 33.1 Å². The minimum absolute atomic E-state index is 0.182. The number of aliphatic hydroxyl groups is 1. The molecule has 1 aliphatic carbocycles. The first-order valence-corrected chi connectivity index (χ1v) is 7.16. The van der Waals surface area contributed by atoms with Gasteiger partial charge < -0.3 is 5.11 Å². The molecule has 3 heteroatoms. The first kappa shape index (κ1) is 12.1. The highest BCUT2D eigenvalue weighted by Gasteiger charge is 2.29. The van der Waals surface area contributed by atoms with Gasteiger partial charge in [0.05, 0.1) is 16.8 Å². The van der Waals surface area contributed by atoms with Gasteiger partial charge in [-0.05, 0) is 31.6 Å². The molecule has 0 bridgehead atoms. The second-order valence-electron chi connectivity index (χ2n) is 4.98. The second-order valence-corrected chi connectivity index (χ2v) is 6.04. The van der Waals surface area contributed by atoms with Crippen molar-refractivity contribution in [3.8, 4) is 0 Å². The molecule has 3 unspecified atom stereocenters. The van der Waals surface area contributed by atoms with Crippen LogP contribution in [0.4, 0.5) is 0 Å². The van der Waals surface area contributed by atoms with Crippen LogP contribution in [0.15, 0.2) is 5.38 Å². The Balaban J connectivity index is 1.86. The molecular formula is C13H21NOS. The number of nitrogens with zero attached hydrogens (tertiary/aromatic N) is 1. The molecule has 3 atom stereocenters. The maximum absolute atomic E-state index is 10.2. The van der Waals surface area contributed by atoms with Gasteiger partial charge in [-0.3, -0.25) is 0 Å². The van der Waals surface area contributed by atoms with Crippen molar-refractivity contribution in [1.82, 2.24) is 4.98 Å². The Morgan fingerprint density at radius 3 is 2.94 bits per heavy atom. The Morgan fingerprint density at radius 1 is 1.56 bits per heavy atom. The van der Waals surface area contributed by atoms with E-state index in [4.69, 9.17) is 0 Å². The van der Waals surface area contributed by atoms with Gasteiger partial charge in [0.1, 0.15) is 0 Å². The largest absolute Gasteiger partial charge is 0.392 e. The molecule has 1 heterocycles. The van der Waals surface area contributed by atoms with Gasteiger partial charge >= 0.3 is 0 Å². The van der Waals surface area contributed by atoms with Crippen molar-refractivity contribution >= 4 is 11.3 Å². The third kappa shape index (κ3) is 2.83. The molecule has 2 rings (SSSR count). The summed E-state index contributed by atoms with van der Waals surface area (Å²) in [7, 11) is 0. The summed E-state index contributed by atoms with van der Waals surface area (Å²) in [5.41, 5.74) is 1.06. The first-order chi connectivity index (χ1) is 7.69. The lowest BCUT2D eigenvalue weighted by Gasteiger charge is -2.17. The van der Waals surface area contributed by atoms with Crippen LogP contribution in [-0.2, 0) is 6.42 Å². The minimum Gasteiger partial charge on any atom is -0.392 e. The first-order valence-electron chi connectivity index (χ1n) is 6.28. The van der Waals surface area contributed by atoms with Crippen molar-refractivity contribution in [2.75, 3.05) is 0 Å². The molecule has 2 nitrogen and oxygen atoms in total. The zero-order valence-corrected chi connectivity index (χ0v) is 11.0. The SMILES string of the molecule is CCC1CCC(C(O)Cc2csc(C)n2)C1. The number of aryl methyl sites for hydroxylation is 1. The second kappa shape index (κ2) is 5.28. The van der Waals surface area contributed by atoms with Gasteiger partial charge in [0.2, 0.25) is 0 Å². The number of thiazole rings is 1. The van der Waals surface area contributed by atoms with Crippen LogP contribution in [0.1, 0.15) is 43.3 Å². The van der Waals surface area contributed by atoms with Crippen LogP contribution >= 0.6 is 11.3 Å². The van der Waals surface area contributed by atoms with E-state index in [0.717, 1.165) is 23.0 Å². The van der Waals surface area contributed by atoms with Crippen molar-refractivity contribution in [2.45, 2.75) is 52.1 Å². The molecule has 0 amide bonds. The Morgan fingerprint density at radius 2 is 2.38 bits per heavy atom. The number of aromatic nitrogens is 1. The van der Waals surface area contributed by atoms with Gasteiger partial charge in [-0.15, -0.1) is 11.3 Å². The third-order valence-electron chi connectivity index (χ3n) is 3.79. The van der Waals surface area contributed by atoms with Gasteiger partial charge in [0.25, 0.3) is 0 Å². The van der Waals surface area contributed by atoms with E-state index >= 15 is 0 Å². The molecule has 1 fully saturated rings. The monoisotopic (exact) mass is 239 g/mol. The maximum atomic E-state index is 10.2. The lowest BCUT2D eigenvalue weighted by atomic mass is 9.95. The Hall–Kier alpha value is -0.410. The summed E-state index contributed by atoms with van der Waals surface area (Å²) in [6.45, 7) is 4.27. The molecule has 0 aromatic carbocycles. The van der Waals surface area contributed by atoms with E-state index in [-0.39, 0.29) is 6.10 Å². The fourth-order valence-corrected chi connectivity index (χ4v) is 3.34. The zero-order chi connectivity index (χ0) is 11.5. The van der Waals surface area contributed by atoms with E-state index in [9.17, 15) is 5.11 Å². The molecule has 0 radical (unpaired) electrons. The van der Waals surface area contributed by atoms with E-state index in [1.165, 1.54) is 25.7 Å². The highest BCUT2D eigenvalue weighted by Crippen LogP contribution is 2.35. The summed E-state index contributed by atoms with van der Waals surface area (Å²) in [4.78, 5) is 4.42. The quantitative estimate of drug-likeness (QED) is 0.875. The highest BCUT2D eigenvalue weighted by atomic mass is 32.1. The van der Waals surface area contributed by atoms with Crippen molar-refractivity contribution in [2.24, 2.45) is 11.8 Å². The van der Waals surface area contributed by atoms with Crippen molar-refractivity contribution in [1.29, 1.82) is 0 Å². The Labute approximate surface area is 102 Å². The molecule has 1 aromatic heterocycles. The van der Waals surface area contributed by atoms with Gasteiger partial charge in [-0.25, -0.2) is 4.98 Å². The average molecular weight is 239 g/mol. The lowest BCUT2D eigenvalue weighted by molar-refractivity contribution is 0.108. The number of hydrogen-bond acceptors (Lipinski definition) is 3. The van der Waals surface area contributed by atoms with E-state index in [1.54, 1.807) is 11.3 Å². The average Bonchev–Trinajstić information content (AvgIpc) is 2.87. The number of rotatable bonds is 4. The highest BCUT2D eigenvalue weighted by molar-refractivity contribution is 7.09. The zero-order valence-electron chi connectivity index (χ0n) is 10.1. The van der Waals surface area contributed by atoms with Crippen molar-refractivity contribution in [3.63, 3.8) is 0 Å². The van der Waals surface area contributed by atoms with E-state index in [1.807, 2.05) is 6.92 Å². The molecule has 0 aliphatic heterocycles. The van der Waals surface area contributed by atoms with E-state index < -0.39 is 0 Å².